The second-order valence-corrected chi connectivity index (χ2v) is 4.78. The molecule has 2 aliphatic rings. The minimum atomic E-state index is 0.713. The third kappa shape index (κ3) is 1.71. The molecule has 0 aliphatic heterocycles. The smallest absolute Gasteiger partial charge is 0.117 e. The Bertz CT molecular complexity index is 327. The highest BCUT2D eigenvalue weighted by molar-refractivity contribution is 5.17. The Morgan fingerprint density at radius 2 is 2.21 bits per heavy atom. The predicted molar refractivity (Wildman–Crippen MR) is 55.1 cm³/mol. The van der Waals surface area contributed by atoms with Crippen molar-refractivity contribution < 1.29 is 4.42 Å². The van der Waals surface area contributed by atoms with Gasteiger partial charge < -0.3 is 9.73 Å². The van der Waals surface area contributed by atoms with E-state index in [0.29, 0.717) is 5.92 Å². The second-order valence-electron chi connectivity index (χ2n) is 4.78. The normalized spacial score (nSPS) is 30.6. The summed E-state index contributed by atoms with van der Waals surface area (Å²) >= 11 is 0. The molecule has 0 unspecified atom stereocenters. The van der Waals surface area contributed by atoms with E-state index in [1.165, 1.54) is 25.0 Å². The zero-order valence-electron chi connectivity index (χ0n) is 8.62. The Morgan fingerprint density at radius 3 is 2.86 bits per heavy atom. The van der Waals surface area contributed by atoms with Crippen molar-refractivity contribution in [3.8, 4) is 0 Å². The van der Waals surface area contributed by atoms with Crippen LogP contribution in [0, 0.1) is 5.92 Å². The molecule has 1 N–H and O–H groups in total. The number of rotatable bonds is 4. The van der Waals surface area contributed by atoms with E-state index in [4.69, 9.17) is 4.42 Å². The molecule has 2 aliphatic carbocycles. The third-order valence-electron chi connectivity index (χ3n) is 3.30. The first-order chi connectivity index (χ1) is 6.83. The molecule has 2 fully saturated rings. The van der Waals surface area contributed by atoms with Crippen LogP contribution in [0.1, 0.15) is 43.6 Å². The molecule has 2 nitrogen and oxygen atoms in total. The lowest BCUT2D eigenvalue weighted by molar-refractivity contribution is 0.443. The molecule has 14 heavy (non-hydrogen) atoms. The minimum Gasteiger partial charge on any atom is -0.464 e. The predicted octanol–water partition coefficient (Wildman–Crippen LogP) is 2.66. The van der Waals surface area contributed by atoms with Gasteiger partial charge in [-0.1, -0.05) is 6.92 Å². The molecule has 2 atom stereocenters. The van der Waals surface area contributed by atoms with Gasteiger partial charge in [-0.25, -0.2) is 0 Å². The quantitative estimate of drug-likeness (QED) is 0.791. The van der Waals surface area contributed by atoms with Gasteiger partial charge in [0.25, 0.3) is 0 Å². The average Bonchev–Trinajstić information content (AvgIpc) is 3.07. The highest BCUT2D eigenvalue weighted by Crippen LogP contribution is 2.47. The van der Waals surface area contributed by atoms with Gasteiger partial charge in [0.15, 0.2) is 0 Å². The summed E-state index contributed by atoms with van der Waals surface area (Å²) < 4.78 is 5.79. The molecule has 2 heteroatoms. The van der Waals surface area contributed by atoms with Gasteiger partial charge in [0.1, 0.15) is 11.5 Å². The minimum absolute atomic E-state index is 0.713. The maximum atomic E-state index is 5.79. The molecule has 1 aromatic heterocycles. The topological polar surface area (TPSA) is 25.2 Å². The van der Waals surface area contributed by atoms with Crippen LogP contribution in [0.2, 0.25) is 0 Å². The van der Waals surface area contributed by atoms with Crippen LogP contribution < -0.4 is 5.32 Å². The maximum Gasteiger partial charge on any atom is 0.117 e. The molecule has 0 aromatic carbocycles. The lowest BCUT2D eigenvalue weighted by atomic mass is 10.3. The Hall–Kier alpha value is -0.760. The fourth-order valence-corrected chi connectivity index (χ4v) is 1.94. The highest BCUT2D eigenvalue weighted by atomic mass is 16.3. The second kappa shape index (κ2) is 3.13. The summed E-state index contributed by atoms with van der Waals surface area (Å²) in [5, 5.41) is 3.46. The molecular formula is C12H17NO. The van der Waals surface area contributed by atoms with Crippen LogP contribution in [-0.2, 0) is 6.54 Å². The van der Waals surface area contributed by atoms with Crippen LogP contribution in [0.5, 0.6) is 0 Å². The standard InChI is InChI=1S/C12H17NO/c1-8-6-11(8)12-5-4-10(14-12)7-13-9-2-3-9/h4-5,8-9,11,13H,2-3,6-7H2,1H3/t8-,11+/m1/s1. The Morgan fingerprint density at radius 1 is 1.43 bits per heavy atom. The van der Waals surface area contributed by atoms with Gasteiger partial charge in [-0.05, 0) is 37.3 Å². The van der Waals surface area contributed by atoms with E-state index in [1.54, 1.807) is 0 Å². The summed E-state index contributed by atoms with van der Waals surface area (Å²) in [4.78, 5) is 0. The van der Waals surface area contributed by atoms with Crippen LogP contribution >= 0.6 is 0 Å². The van der Waals surface area contributed by atoms with Crippen molar-refractivity contribution in [3.05, 3.63) is 23.7 Å². The van der Waals surface area contributed by atoms with Crippen LogP contribution in [0.4, 0.5) is 0 Å². The zero-order valence-corrected chi connectivity index (χ0v) is 8.62. The molecule has 76 valence electrons. The molecule has 0 bridgehead atoms. The van der Waals surface area contributed by atoms with E-state index >= 15 is 0 Å². The number of furan rings is 1. The van der Waals surface area contributed by atoms with Crippen LogP contribution in [0.25, 0.3) is 0 Å². The molecule has 0 saturated heterocycles. The van der Waals surface area contributed by atoms with E-state index in [9.17, 15) is 0 Å². The van der Waals surface area contributed by atoms with Crippen LogP contribution in [0.3, 0.4) is 0 Å². The van der Waals surface area contributed by atoms with Crippen molar-refractivity contribution in [2.75, 3.05) is 0 Å². The van der Waals surface area contributed by atoms with Gasteiger partial charge in [-0.3, -0.25) is 0 Å². The van der Waals surface area contributed by atoms with Crippen molar-refractivity contribution in [1.29, 1.82) is 0 Å². The van der Waals surface area contributed by atoms with Crippen molar-refractivity contribution in [2.45, 2.75) is 44.7 Å². The summed E-state index contributed by atoms with van der Waals surface area (Å²) in [6, 6.07) is 5.04. The molecule has 0 spiro atoms. The lowest BCUT2D eigenvalue weighted by Gasteiger charge is -1.98. The van der Waals surface area contributed by atoms with Crippen molar-refractivity contribution >= 4 is 0 Å². The van der Waals surface area contributed by atoms with E-state index in [2.05, 4.69) is 24.4 Å². The molecule has 1 aromatic rings. The van der Waals surface area contributed by atoms with Crippen LogP contribution in [-0.4, -0.2) is 6.04 Å². The van der Waals surface area contributed by atoms with E-state index in [1.807, 2.05) is 0 Å². The number of hydrogen-bond acceptors (Lipinski definition) is 2. The SMILES string of the molecule is C[C@@H]1C[C@@H]1c1ccc(CNC2CC2)o1. The molecular weight excluding hydrogens is 174 g/mol. The van der Waals surface area contributed by atoms with Gasteiger partial charge in [0.05, 0.1) is 6.54 Å². The van der Waals surface area contributed by atoms with Crippen molar-refractivity contribution in [3.63, 3.8) is 0 Å². The largest absolute Gasteiger partial charge is 0.464 e. The Balaban J connectivity index is 1.59. The lowest BCUT2D eigenvalue weighted by Crippen LogP contribution is -2.14. The first kappa shape index (κ1) is 8.54. The van der Waals surface area contributed by atoms with Crippen molar-refractivity contribution in [2.24, 2.45) is 5.92 Å². The summed E-state index contributed by atoms with van der Waals surface area (Å²) in [7, 11) is 0. The van der Waals surface area contributed by atoms with Gasteiger partial charge >= 0.3 is 0 Å². The molecule has 3 rings (SSSR count). The Labute approximate surface area is 84.7 Å². The molecule has 0 amide bonds. The Kier molecular flexibility index (Phi) is 1.91. The first-order valence-corrected chi connectivity index (χ1v) is 5.65. The molecule has 1 heterocycles. The zero-order chi connectivity index (χ0) is 9.54. The average molecular weight is 191 g/mol. The van der Waals surface area contributed by atoms with Gasteiger partial charge in [0.2, 0.25) is 0 Å². The van der Waals surface area contributed by atoms with E-state index in [0.717, 1.165) is 24.3 Å². The number of nitrogens with one attached hydrogen (secondary N) is 1. The summed E-state index contributed by atoms with van der Waals surface area (Å²) in [6.07, 6.45) is 3.99. The monoisotopic (exact) mass is 191 g/mol. The van der Waals surface area contributed by atoms with E-state index < -0.39 is 0 Å². The number of hydrogen-bond donors (Lipinski definition) is 1. The summed E-state index contributed by atoms with van der Waals surface area (Å²) in [5.74, 6) is 3.85. The highest BCUT2D eigenvalue weighted by Gasteiger charge is 2.36. The first-order valence-electron chi connectivity index (χ1n) is 5.65. The third-order valence-corrected chi connectivity index (χ3v) is 3.30. The van der Waals surface area contributed by atoms with Gasteiger partial charge in [-0.15, -0.1) is 0 Å². The fourth-order valence-electron chi connectivity index (χ4n) is 1.94. The fraction of sp³-hybridized carbons (Fsp3) is 0.667. The molecule has 0 radical (unpaired) electrons. The molecule has 2 saturated carbocycles. The summed E-state index contributed by atoms with van der Waals surface area (Å²) in [5.41, 5.74) is 0. The van der Waals surface area contributed by atoms with Gasteiger partial charge in [0, 0.05) is 12.0 Å². The van der Waals surface area contributed by atoms with Gasteiger partial charge in [-0.2, -0.15) is 0 Å². The van der Waals surface area contributed by atoms with E-state index in [-0.39, 0.29) is 0 Å². The summed E-state index contributed by atoms with van der Waals surface area (Å²) in [6.45, 7) is 3.20. The maximum absolute atomic E-state index is 5.79. The van der Waals surface area contributed by atoms with Crippen molar-refractivity contribution in [1.82, 2.24) is 5.32 Å². The van der Waals surface area contributed by atoms with Crippen LogP contribution in [0.15, 0.2) is 16.5 Å².